The molecule has 0 atom stereocenters. The Bertz CT molecular complexity index is 397. The van der Waals surface area contributed by atoms with Crippen molar-refractivity contribution in [3.8, 4) is 0 Å². The largest absolute Gasteiger partial charge is 0.478 e. The second kappa shape index (κ2) is 7.26. The van der Waals surface area contributed by atoms with Crippen molar-refractivity contribution in [1.82, 2.24) is 10.2 Å². The summed E-state index contributed by atoms with van der Waals surface area (Å²) in [7, 11) is 0. The molecule has 4 heteroatoms. The zero-order valence-electron chi connectivity index (χ0n) is 11.3. The number of carboxylic acid groups (broad SMARTS) is 1. The lowest BCUT2D eigenvalue weighted by molar-refractivity contribution is 0.0697. The average molecular weight is 262 g/mol. The molecule has 2 N–H and O–H groups in total. The number of carbonyl (C=O) groups is 1. The van der Waals surface area contributed by atoms with Gasteiger partial charge in [-0.1, -0.05) is 12.1 Å². The summed E-state index contributed by atoms with van der Waals surface area (Å²) in [5.41, 5.74) is 1.59. The maximum Gasteiger partial charge on any atom is 0.335 e. The smallest absolute Gasteiger partial charge is 0.335 e. The second-order valence-electron chi connectivity index (χ2n) is 5.05. The van der Waals surface area contributed by atoms with Crippen LogP contribution in [0.4, 0.5) is 0 Å². The second-order valence-corrected chi connectivity index (χ2v) is 5.05. The highest BCUT2D eigenvalue weighted by atomic mass is 16.4. The first kappa shape index (κ1) is 14.0. The molecule has 1 aliphatic heterocycles. The quantitative estimate of drug-likeness (QED) is 0.765. The van der Waals surface area contributed by atoms with Crippen LogP contribution >= 0.6 is 0 Å². The lowest BCUT2D eigenvalue weighted by Crippen LogP contribution is -2.43. The summed E-state index contributed by atoms with van der Waals surface area (Å²) in [6.07, 6.45) is 3.41. The first-order chi connectivity index (χ1) is 9.25. The lowest BCUT2D eigenvalue weighted by atomic mass is 10.1. The molecule has 0 radical (unpaired) electrons. The topological polar surface area (TPSA) is 52.6 Å². The third-order valence-corrected chi connectivity index (χ3v) is 3.60. The standard InChI is InChI=1S/C15H22N2O2/c18-15(19)14-6-4-13(5-7-14)3-1-2-10-17-11-8-16-9-12-17/h4-7,16H,1-3,8-12H2,(H,18,19). The molecule has 4 nitrogen and oxygen atoms in total. The van der Waals surface area contributed by atoms with Crippen LogP contribution in [0.1, 0.15) is 28.8 Å². The molecular formula is C15H22N2O2. The summed E-state index contributed by atoms with van der Waals surface area (Å²) < 4.78 is 0. The highest BCUT2D eigenvalue weighted by Gasteiger charge is 2.08. The van der Waals surface area contributed by atoms with Crippen LogP contribution in [0.5, 0.6) is 0 Å². The van der Waals surface area contributed by atoms with E-state index < -0.39 is 5.97 Å². The highest BCUT2D eigenvalue weighted by molar-refractivity contribution is 5.87. The van der Waals surface area contributed by atoms with Gasteiger partial charge in [0.2, 0.25) is 0 Å². The molecule has 0 bridgehead atoms. The number of aromatic carboxylic acids is 1. The Hall–Kier alpha value is -1.39. The first-order valence-electron chi connectivity index (χ1n) is 7.01. The first-order valence-corrected chi connectivity index (χ1v) is 7.01. The van der Waals surface area contributed by atoms with E-state index in [2.05, 4.69) is 10.2 Å². The van der Waals surface area contributed by atoms with Crippen LogP contribution in [0.3, 0.4) is 0 Å². The molecule has 1 heterocycles. The molecule has 2 rings (SSSR count). The maximum absolute atomic E-state index is 10.7. The minimum atomic E-state index is -0.856. The summed E-state index contributed by atoms with van der Waals surface area (Å²) in [4.78, 5) is 13.2. The molecule has 0 saturated carbocycles. The van der Waals surface area contributed by atoms with Crippen LogP contribution in [-0.4, -0.2) is 48.7 Å². The van der Waals surface area contributed by atoms with Crippen molar-refractivity contribution < 1.29 is 9.90 Å². The molecule has 0 spiro atoms. The van der Waals surface area contributed by atoms with Gasteiger partial charge in [-0.3, -0.25) is 0 Å². The van der Waals surface area contributed by atoms with E-state index in [9.17, 15) is 4.79 Å². The number of hydrogen-bond acceptors (Lipinski definition) is 3. The Labute approximate surface area is 114 Å². The van der Waals surface area contributed by atoms with E-state index >= 15 is 0 Å². The van der Waals surface area contributed by atoms with Crippen molar-refractivity contribution in [3.63, 3.8) is 0 Å². The van der Waals surface area contributed by atoms with E-state index in [0.29, 0.717) is 5.56 Å². The number of nitrogens with zero attached hydrogens (tertiary/aromatic N) is 1. The van der Waals surface area contributed by atoms with Gasteiger partial charge in [0.25, 0.3) is 0 Å². The zero-order valence-corrected chi connectivity index (χ0v) is 11.3. The Morgan fingerprint density at radius 3 is 2.47 bits per heavy atom. The minimum absolute atomic E-state index is 0.365. The number of aryl methyl sites for hydroxylation is 1. The van der Waals surface area contributed by atoms with Gasteiger partial charge in [-0.05, 0) is 43.5 Å². The summed E-state index contributed by atoms with van der Waals surface area (Å²) >= 11 is 0. The molecule has 0 unspecified atom stereocenters. The highest BCUT2D eigenvalue weighted by Crippen LogP contribution is 2.08. The normalized spacial score (nSPS) is 16.4. The summed E-state index contributed by atoms with van der Waals surface area (Å²) in [5.74, 6) is -0.856. The molecular weight excluding hydrogens is 240 g/mol. The van der Waals surface area contributed by atoms with Gasteiger partial charge in [0.15, 0.2) is 0 Å². The van der Waals surface area contributed by atoms with Crippen molar-refractivity contribution in [1.29, 1.82) is 0 Å². The fourth-order valence-electron chi connectivity index (χ4n) is 2.41. The number of unbranched alkanes of at least 4 members (excludes halogenated alkanes) is 1. The molecule has 104 valence electrons. The number of rotatable bonds is 6. The molecule has 0 aliphatic carbocycles. The third-order valence-electron chi connectivity index (χ3n) is 3.60. The van der Waals surface area contributed by atoms with E-state index in [1.165, 1.54) is 18.5 Å². The van der Waals surface area contributed by atoms with Crippen LogP contribution in [0.15, 0.2) is 24.3 Å². The maximum atomic E-state index is 10.7. The summed E-state index contributed by atoms with van der Waals surface area (Å²) in [6, 6.07) is 7.23. The summed E-state index contributed by atoms with van der Waals surface area (Å²) in [6.45, 7) is 5.71. The van der Waals surface area contributed by atoms with Crippen molar-refractivity contribution in [2.24, 2.45) is 0 Å². The Balaban J connectivity index is 1.66. The number of hydrogen-bond donors (Lipinski definition) is 2. The number of carboxylic acids is 1. The van der Waals surface area contributed by atoms with Gasteiger partial charge in [-0.25, -0.2) is 4.79 Å². The molecule has 0 aromatic heterocycles. The van der Waals surface area contributed by atoms with Crippen LogP contribution < -0.4 is 5.32 Å². The molecule has 1 aromatic rings. The van der Waals surface area contributed by atoms with Crippen LogP contribution in [0, 0.1) is 0 Å². The fourth-order valence-corrected chi connectivity index (χ4v) is 2.41. The van der Waals surface area contributed by atoms with Crippen molar-refractivity contribution in [2.45, 2.75) is 19.3 Å². The third kappa shape index (κ3) is 4.65. The molecule has 1 fully saturated rings. The lowest BCUT2D eigenvalue weighted by Gasteiger charge is -2.27. The van der Waals surface area contributed by atoms with Gasteiger partial charge in [-0.2, -0.15) is 0 Å². The van der Waals surface area contributed by atoms with Gasteiger partial charge in [-0.15, -0.1) is 0 Å². The average Bonchev–Trinajstić information content (AvgIpc) is 2.45. The predicted octanol–water partition coefficient (Wildman–Crippen LogP) is 1.61. The summed E-state index contributed by atoms with van der Waals surface area (Å²) in [5, 5.41) is 12.2. The fraction of sp³-hybridized carbons (Fsp3) is 0.533. The molecule has 0 amide bonds. The number of benzene rings is 1. The van der Waals surface area contributed by atoms with Crippen LogP contribution in [-0.2, 0) is 6.42 Å². The Morgan fingerprint density at radius 2 is 1.84 bits per heavy atom. The van der Waals surface area contributed by atoms with Crippen molar-refractivity contribution >= 4 is 5.97 Å². The molecule has 1 aliphatic rings. The monoisotopic (exact) mass is 262 g/mol. The van der Waals surface area contributed by atoms with Gasteiger partial charge in [0.1, 0.15) is 0 Å². The van der Waals surface area contributed by atoms with Gasteiger partial charge < -0.3 is 15.3 Å². The zero-order chi connectivity index (χ0) is 13.5. The van der Waals surface area contributed by atoms with Crippen molar-refractivity contribution in [3.05, 3.63) is 35.4 Å². The molecule has 19 heavy (non-hydrogen) atoms. The van der Waals surface area contributed by atoms with E-state index in [1.807, 2.05) is 12.1 Å². The van der Waals surface area contributed by atoms with Crippen LogP contribution in [0.2, 0.25) is 0 Å². The molecule has 1 aromatic carbocycles. The number of nitrogens with one attached hydrogen (secondary N) is 1. The minimum Gasteiger partial charge on any atom is -0.478 e. The Morgan fingerprint density at radius 1 is 1.16 bits per heavy atom. The SMILES string of the molecule is O=C(O)c1ccc(CCCCN2CCNCC2)cc1. The van der Waals surface area contributed by atoms with E-state index in [0.717, 1.165) is 39.0 Å². The Kier molecular flexibility index (Phi) is 5.36. The van der Waals surface area contributed by atoms with Crippen molar-refractivity contribution in [2.75, 3.05) is 32.7 Å². The van der Waals surface area contributed by atoms with E-state index in [1.54, 1.807) is 12.1 Å². The van der Waals surface area contributed by atoms with E-state index in [4.69, 9.17) is 5.11 Å². The number of piperazine rings is 1. The van der Waals surface area contributed by atoms with Gasteiger partial charge in [0, 0.05) is 26.2 Å². The van der Waals surface area contributed by atoms with Gasteiger partial charge >= 0.3 is 5.97 Å². The van der Waals surface area contributed by atoms with E-state index in [-0.39, 0.29) is 0 Å². The predicted molar refractivity (Wildman–Crippen MR) is 75.6 cm³/mol. The van der Waals surface area contributed by atoms with Crippen LogP contribution in [0.25, 0.3) is 0 Å². The molecule has 1 saturated heterocycles. The van der Waals surface area contributed by atoms with Gasteiger partial charge in [0.05, 0.1) is 5.56 Å².